The van der Waals surface area contributed by atoms with Crippen LogP contribution in [0.2, 0.25) is 0 Å². The van der Waals surface area contributed by atoms with E-state index >= 15 is 0 Å². The SMILES string of the molecule is Cc1cc(C)c(C(=O)N[C@@H](C)C(=O)O)c(=O)[nH]1. The second-order valence-electron chi connectivity index (χ2n) is 3.87. The number of aliphatic carboxylic acids is 1. The minimum atomic E-state index is -1.15. The van der Waals surface area contributed by atoms with Gasteiger partial charge in [0.2, 0.25) is 0 Å². The van der Waals surface area contributed by atoms with Gasteiger partial charge in [-0.25, -0.2) is 0 Å². The predicted molar refractivity (Wildman–Crippen MR) is 61.1 cm³/mol. The molecule has 0 aliphatic heterocycles. The molecule has 0 aromatic carbocycles. The lowest BCUT2D eigenvalue weighted by Gasteiger charge is -2.10. The first kappa shape index (κ1) is 13.0. The number of aryl methyl sites for hydroxylation is 2. The van der Waals surface area contributed by atoms with Crippen molar-refractivity contribution in [2.45, 2.75) is 26.8 Å². The summed E-state index contributed by atoms with van der Waals surface area (Å²) in [5.41, 5.74) is 0.595. The number of amides is 1. The third-order valence-corrected chi connectivity index (χ3v) is 2.31. The van der Waals surface area contributed by atoms with Crippen molar-refractivity contribution in [3.8, 4) is 0 Å². The highest BCUT2D eigenvalue weighted by Crippen LogP contribution is 2.03. The van der Waals surface area contributed by atoms with Crippen LogP contribution in [0.15, 0.2) is 10.9 Å². The quantitative estimate of drug-likeness (QED) is 0.700. The van der Waals surface area contributed by atoms with E-state index in [9.17, 15) is 14.4 Å². The predicted octanol–water partition coefficient (Wildman–Crippen LogP) is 0.195. The van der Waals surface area contributed by atoms with E-state index in [1.54, 1.807) is 19.9 Å². The van der Waals surface area contributed by atoms with Crippen molar-refractivity contribution >= 4 is 11.9 Å². The van der Waals surface area contributed by atoms with Gasteiger partial charge in [0.1, 0.15) is 11.6 Å². The molecule has 0 bridgehead atoms. The van der Waals surface area contributed by atoms with Gasteiger partial charge in [0.25, 0.3) is 11.5 Å². The summed E-state index contributed by atoms with van der Waals surface area (Å²) in [6, 6.07) is 0.615. The molecule has 92 valence electrons. The lowest BCUT2D eigenvalue weighted by Crippen LogP contribution is -2.41. The summed E-state index contributed by atoms with van der Waals surface area (Å²) in [4.78, 5) is 36.4. The largest absolute Gasteiger partial charge is 0.480 e. The van der Waals surface area contributed by atoms with Gasteiger partial charge in [0.15, 0.2) is 0 Å². The highest BCUT2D eigenvalue weighted by atomic mass is 16.4. The average molecular weight is 238 g/mol. The number of rotatable bonds is 3. The molecule has 0 aliphatic carbocycles. The van der Waals surface area contributed by atoms with Gasteiger partial charge in [-0.2, -0.15) is 0 Å². The monoisotopic (exact) mass is 238 g/mol. The van der Waals surface area contributed by atoms with Crippen LogP contribution in [0.3, 0.4) is 0 Å². The summed E-state index contributed by atoms with van der Waals surface area (Å²) in [6.45, 7) is 4.66. The van der Waals surface area contributed by atoms with E-state index < -0.39 is 23.5 Å². The van der Waals surface area contributed by atoms with Crippen molar-refractivity contribution in [3.05, 3.63) is 33.2 Å². The Morgan fingerprint density at radius 3 is 2.47 bits per heavy atom. The molecule has 0 radical (unpaired) electrons. The first-order valence-corrected chi connectivity index (χ1v) is 5.07. The van der Waals surface area contributed by atoms with Crippen molar-refractivity contribution in [1.29, 1.82) is 0 Å². The Morgan fingerprint density at radius 2 is 2.00 bits per heavy atom. The van der Waals surface area contributed by atoms with E-state index in [1.165, 1.54) is 6.92 Å². The van der Waals surface area contributed by atoms with Gasteiger partial charge in [0, 0.05) is 5.69 Å². The van der Waals surface area contributed by atoms with Gasteiger partial charge in [-0.1, -0.05) is 0 Å². The highest BCUT2D eigenvalue weighted by molar-refractivity contribution is 5.97. The van der Waals surface area contributed by atoms with Crippen LogP contribution in [0, 0.1) is 13.8 Å². The average Bonchev–Trinajstić information content (AvgIpc) is 2.15. The molecule has 0 fully saturated rings. The molecule has 0 saturated carbocycles. The summed E-state index contributed by atoms with van der Waals surface area (Å²) in [5, 5.41) is 10.9. The molecule has 1 atom stereocenters. The number of hydrogen-bond donors (Lipinski definition) is 3. The molecule has 6 heteroatoms. The molecule has 1 heterocycles. The number of carbonyl (C=O) groups is 2. The van der Waals surface area contributed by atoms with E-state index in [0.717, 1.165) is 0 Å². The van der Waals surface area contributed by atoms with Crippen molar-refractivity contribution in [2.24, 2.45) is 0 Å². The maximum Gasteiger partial charge on any atom is 0.325 e. The van der Waals surface area contributed by atoms with Crippen LogP contribution < -0.4 is 10.9 Å². The molecule has 3 N–H and O–H groups in total. The summed E-state index contributed by atoms with van der Waals surface area (Å²) in [7, 11) is 0. The summed E-state index contributed by atoms with van der Waals surface area (Å²) < 4.78 is 0. The summed E-state index contributed by atoms with van der Waals surface area (Å²) in [6.07, 6.45) is 0. The van der Waals surface area contributed by atoms with Crippen molar-refractivity contribution < 1.29 is 14.7 Å². The lowest BCUT2D eigenvalue weighted by atomic mass is 10.1. The lowest BCUT2D eigenvalue weighted by molar-refractivity contribution is -0.138. The number of aromatic nitrogens is 1. The van der Waals surface area contributed by atoms with Gasteiger partial charge in [-0.15, -0.1) is 0 Å². The molecule has 1 aromatic heterocycles. The van der Waals surface area contributed by atoms with E-state index in [4.69, 9.17) is 5.11 Å². The number of carboxylic acids is 1. The maximum absolute atomic E-state index is 11.7. The second kappa shape index (κ2) is 4.82. The molecule has 0 aliphatic rings. The summed E-state index contributed by atoms with van der Waals surface area (Å²) in [5.74, 6) is -1.84. The Hall–Kier alpha value is -2.11. The number of aromatic amines is 1. The standard InChI is InChI=1S/C11H14N2O4/c1-5-4-6(2)12-9(14)8(5)10(15)13-7(3)11(16)17/h4,7H,1-3H3,(H,12,14)(H,13,15)(H,16,17)/t7-/m0/s1. The number of carbonyl (C=O) groups excluding carboxylic acids is 1. The molecular formula is C11H14N2O4. The van der Waals surface area contributed by atoms with Gasteiger partial charge in [-0.3, -0.25) is 14.4 Å². The fraction of sp³-hybridized carbons (Fsp3) is 0.364. The first-order chi connectivity index (χ1) is 7.82. The zero-order valence-corrected chi connectivity index (χ0v) is 9.83. The fourth-order valence-electron chi connectivity index (χ4n) is 1.47. The molecule has 1 aromatic rings. The van der Waals surface area contributed by atoms with E-state index in [-0.39, 0.29) is 5.56 Å². The fourth-order valence-corrected chi connectivity index (χ4v) is 1.47. The number of H-pyrrole nitrogens is 1. The minimum absolute atomic E-state index is 0.0521. The van der Waals surface area contributed by atoms with Crippen LogP contribution in [-0.4, -0.2) is 28.0 Å². The van der Waals surface area contributed by atoms with E-state index in [1.807, 2.05) is 0 Å². The van der Waals surface area contributed by atoms with E-state index in [0.29, 0.717) is 11.3 Å². The van der Waals surface area contributed by atoms with Gasteiger partial charge < -0.3 is 15.4 Å². The molecule has 0 spiro atoms. The molecule has 6 nitrogen and oxygen atoms in total. The highest BCUT2D eigenvalue weighted by Gasteiger charge is 2.19. The number of pyridine rings is 1. The number of carboxylic acid groups (broad SMARTS) is 1. The van der Waals surface area contributed by atoms with Crippen molar-refractivity contribution in [2.75, 3.05) is 0 Å². The van der Waals surface area contributed by atoms with Crippen LogP contribution in [0.25, 0.3) is 0 Å². The van der Waals surface area contributed by atoms with Crippen LogP contribution >= 0.6 is 0 Å². The molecular weight excluding hydrogens is 224 g/mol. The Kier molecular flexibility index (Phi) is 3.67. The smallest absolute Gasteiger partial charge is 0.325 e. The van der Waals surface area contributed by atoms with Crippen molar-refractivity contribution in [3.63, 3.8) is 0 Å². The minimum Gasteiger partial charge on any atom is -0.480 e. The number of hydrogen-bond acceptors (Lipinski definition) is 3. The van der Waals surface area contributed by atoms with Crippen LogP contribution in [0.1, 0.15) is 28.5 Å². The zero-order valence-electron chi connectivity index (χ0n) is 9.83. The molecule has 1 rings (SSSR count). The zero-order chi connectivity index (χ0) is 13.2. The molecule has 1 amide bonds. The Morgan fingerprint density at radius 1 is 1.41 bits per heavy atom. The van der Waals surface area contributed by atoms with Gasteiger partial charge in [0.05, 0.1) is 0 Å². The Labute approximate surface area is 97.7 Å². The molecule has 0 saturated heterocycles. The Balaban J connectivity index is 3.06. The third kappa shape index (κ3) is 2.93. The third-order valence-electron chi connectivity index (χ3n) is 2.31. The topological polar surface area (TPSA) is 99.3 Å². The maximum atomic E-state index is 11.7. The van der Waals surface area contributed by atoms with Gasteiger partial charge in [-0.05, 0) is 32.4 Å². The second-order valence-corrected chi connectivity index (χ2v) is 3.87. The Bertz CT molecular complexity index is 519. The van der Waals surface area contributed by atoms with Crippen molar-refractivity contribution in [1.82, 2.24) is 10.3 Å². The van der Waals surface area contributed by atoms with Gasteiger partial charge >= 0.3 is 5.97 Å². The number of nitrogens with one attached hydrogen (secondary N) is 2. The van der Waals surface area contributed by atoms with E-state index in [2.05, 4.69) is 10.3 Å². The molecule has 17 heavy (non-hydrogen) atoms. The first-order valence-electron chi connectivity index (χ1n) is 5.07. The summed E-state index contributed by atoms with van der Waals surface area (Å²) >= 11 is 0. The van der Waals surface area contributed by atoms with Crippen LogP contribution in [0.5, 0.6) is 0 Å². The van der Waals surface area contributed by atoms with Crippen LogP contribution in [0.4, 0.5) is 0 Å². The van der Waals surface area contributed by atoms with Crippen LogP contribution in [-0.2, 0) is 4.79 Å². The molecule has 0 unspecified atom stereocenters. The normalized spacial score (nSPS) is 11.9.